The van der Waals surface area contributed by atoms with Crippen LogP contribution in [0.3, 0.4) is 0 Å². The van der Waals surface area contributed by atoms with Gasteiger partial charge in [-0.05, 0) is 36.6 Å². The van der Waals surface area contributed by atoms with Gasteiger partial charge in [0, 0.05) is 19.0 Å². The van der Waals surface area contributed by atoms with Crippen LogP contribution in [0.2, 0.25) is 0 Å². The Labute approximate surface area is 172 Å². The third kappa shape index (κ3) is 6.27. The molecule has 0 spiro atoms. The summed E-state index contributed by atoms with van der Waals surface area (Å²) >= 11 is 0. The highest BCUT2D eigenvalue weighted by atomic mass is 16.5. The molecule has 0 bridgehead atoms. The van der Waals surface area contributed by atoms with Crippen molar-refractivity contribution in [3.05, 3.63) is 47.8 Å². The Kier molecular flexibility index (Phi) is 7.61. The number of aliphatic hydroxyl groups excluding tert-OH is 1. The average molecular weight is 400 g/mol. The molecule has 3 N–H and O–H groups in total. The van der Waals surface area contributed by atoms with Crippen molar-refractivity contribution >= 4 is 11.5 Å². The Balaban J connectivity index is 1.45. The molecule has 0 amide bonds. The second-order valence-electron chi connectivity index (χ2n) is 7.81. The van der Waals surface area contributed by atoms with Crippen molar-refractivity contribution in [1.29, 1.82) is 0 Å². The van der Waals surface area contributed by atoms with E-state index >= 15 is 0 Å². The number of Topliss-reactive ketones (excluding diaryl/α,β-unsaturated/α-hetero) is 1. The monoisotopic (exact) mass is 399 g/mol. The molecule has 2 aliphatic rings. The largest absolute Gasteiger partial charge is 0.504 e. The van der Waals surface area contributed by atoms with E-state index in [0.717, 1.165) is 47.6 Å². The van der Waals surface area contributed by atoms with Crippen molar-refractivity contribution in [2.75, 3.05) is 13.3 Å². The summed E-state index contributed by atoms with van der Waals surface area (Å²) in [5.74, 6) is 0.586. The van der Waals surface area contributed by atoms with Gasteiger partial charge in [-0.15, -0.1) is 0 Å². The first-order valence-corrected chi connectivity index (χ1v) is 10.5. The standard InChI is InChI=1S/C23H30N2O4/c1-2-3-4-5-19(26)13-20(27)8-6-17-7-9-22(28)23(12-17)29-16-25-14-18-10-11-24-21(18)15-25/h7,9-12,14,19,26,28H,2-6,8,13,15-16H2,1H3/p+1/t19-/m1/s1. The highest BCUT2D eigenvalue weighted by molar-refractivity contribution is 6.06. The van der Waals surface area contributed by atoms with Crippen LogP contribution in [0.25, 0.3) is 0 Å². The molecule has 1 aromatic rings. The predicted molar refractivity (Wildman–Crippen MR) is 112 cm³/mol. The summed E-state index contributed by atoms with van der Waals surface area (Å²) in [5, 5.41) is 20.0. The van der Waals surface area contributed by atoms with Crippen LogP contribution in [0.5, 0.6) is 11.5 Å². The van der Waals surface area contributed by atoms with E-state index in [1.165, 1.54) is 0 Å². The SMILES string of the molecule is CCCCC[C@@H](O)CC(=O)CCc1ccc(O)c(OC[NH+]2C=C3C=CN=C3C2)c1. The maximum Gasteiger partial charge on any atom is 0.227 e. The quantitative estimate of drug-likeness (QED) is 0.471. The number of phenolic OH excluding ortho intramolecular Hbond substituents is 1. The number of quaternary nitrogens is 1. The lowest BCUT2D eigenvalue weighted by Crippen LogP contribution is -3.07. The number of benzene rings is 1. The van der Waals surface area contributed by atoms with Crippen molar-refractivity contribution in [3.8, 4) is 11.5 Å². The molecule has 2 aliphatic heterocycles. The highest BCUT2D eigenvalue weighted by Gasteiger charge is 2.25. The number of hydrogen-bond acceptors (Lipinski definition) is 5. The first kappa shape index (κ1) is 21.3. The van der Waals surface area contributed by atoms with E-state index in [-0.39, 0.29) is 18.0 Å². The van der Waals surface area contributed by atoms with Gasteiger partial charge >= 0.3 is 0 Å². The number of rotatable bonds is 12. The van der Waals surface area contributed by atoms with Gasteiger partial charge in [-0.2, -0.15) is 0 Å². The van der Waals surface area contributed by atoms with Crippen molar-refractivity contribution in [1.82, 2.24) is 0 Å². The topological polar surface area (TPSA) is 83.6 Å². The fraction of sp³-hybridized carbons (Fsp3) is 0.478. The second kappa shape index (κ2) is 10.4. The van der Waals surface area contributed by atoms with E-state index in [1.54, 1.807) is 18.3 Å². The number of carbonyl (C=O) groups excluding carboxylic acids is 1. The third-order valence-electron chi connectivity index (χ3n) is 5.31. The predicted octanol–water partition coefficient (Wildman–Crippen LogP) is 2.31. The molecule has 1 unspecified atom stereocenters. The molecule has 0 fully saturated rings. The number of carbonyl (C=O) groups is 1. The van der Waals surface area contributed by atoms with Crippen LogP contribution < -0.4 is 9.64 Å². The molecular weight excluding hydrogens is 368 g/mol. The van der Waals surface area contributed by atoms with Crippen LogP contribution in [-0.4, -0.2) is 41.1 Å². The number of phenols is 1. The fourth-order valence-corrected chi connectivity index (χ4v) is 3.62. The van der Waals surface area contributed by atoms with Gasteiger partial charge in [-0.1, -0.05) is 32.3 Å². The van der Waals surface area contributed by atoms with Crippen LogP contribution in [0.1, 0.15) is 51.0 Å². The molecule has 2 atom stereocenters. The normalized spacial score (nSPS) is 18.3. The highest BCUT2D eigenvalue weighted by Crippen LogP contribution is 2.27. The van der Waals surface area contributed by atoms with E-state index in [1.807, 2.05) is 12.1 Å². The third-order valence-corrected chi connectivity index (χ3v) is 5.31. The number of aliphatic hydroxyl groups is 1. The minimum Gasteiger partial charge on any atom is -0.504 e. The lowest BCUT2D eigenvalue weighted by molar-refractivity contribution is -0.851. The molecule has 1 aromatic carbocycles. The van der Waals surface area contributed by atoms with Crippen molar-refractivity contribution in [2.24, 2.45) is 4.99 Å². The summed E-state index contributed by atoms with van der Waals surface area (Å²) in [7, 11) is 0. The number of unbranched alkanes of at least 4 members (excludes halogenated alkanes) is 2. The fourth-order valence-electron chi connectivity index (χ4n) is 3.62. The van der Waals surface area contributed by atoms with Gasteiger partial charge in [0.1, 0.15) is 24.2 Å². The number of fused-ring (bicyclic) bond motifs is 1. The summed E-state index contributed by atoms with van der Waals surface area (Å²) in [6, 6.07) is 5.21. The molecule has 3 rings (SSSR count). The maximum absolute atomic E-state index is 12.1. The van der Waals surface area contributed by atoms with Gasteiger partial charge in [-0.25, -0.2) is 0 Å². The Hall–Kier alpha value is -2.44. The van der Waals surface area contributed by atoms with E-state index in [2.05, 4.69) is 18.1 Å². The lowest BCUT2D eigenvalue weighted by atomic mass is 10.0. The molecule has 29 heavy (non-hydrogen) atoms. The van der Waals surface area contributed by atoms with Crippen molar-refractivity contribution < 1.29 is 24.6 Å². The van der Waals surface area contributed by atoms with Crippen LogP contribution in [0, 0.1) is 0 Å². The van der Waals surface area contributed by atoms with Crippen molar-refractivity contribution in [3.63, 3.8) is 0 Å². The number of allylic oxidation sites excluding steroid dienone is 1. The minimum atomic E-state index is -0.538. The average Bonchev–Trinajstić information content (AvgIpc) is 3.28. The summed E-state index contributed by atoms with van der Waals surface area (Å²) in [4.78, 5) is 17.6. The number of ketones is 1. The first-order valence-electron chi connectivity index (χ1n) is 10.5. The van der Waals surface area contributed by atoms with Gasteiger partial charge in [0.05, 0.1) is 11.7 Å². The summed E-state index contributed by atoms with van der Waals surface area (Å²) in [6.45, 7) is 3.29. The Morgan fingerprint density at radius 2 is 2.21 bits per heavy atom. The molecule has 6 nitrogen and oxygen atoms in total. The zero-order valence-electron chi connectivity index (χ0n) is 17.1. The van der Waals surface area contributed by atoms with Crippen LogP contribution in [-0.2, 0) is 11.2 Å². The van der Waals surface area contributed by atoms with E-state index in [4.69, 9.17) is 4.74 Å². The minimum absolute atomic E-state index is 0.0676. The number of nitrogens with one attached hydrogen (secondary N) is 1. The number of hydrogen-bond donors (Lipinski definition) is 3. The second-order valence-corrected chi connectivity index (χ2v) is 7.81. The Bertz CT molecular complexity index is 813. The molecule has 0 aromatic heterocycles. The molecule has 6 heteroatoms. The number of ether oxygens (including phenoxy) is 1. The van der Waals surface area contributed by atoms with Crippen LogP contribution >= 0.6 is 0 Å². The zero-order chi connectivity index (χ0) is 20.6. The first-order chi connectivity index (χ1) is 14.0. The zero-order valence-corrected chi connectivity index (χ0v) is 17.1. The number of aliphatic imine (C=N–C) groups is 1. The molecule has 0 saturated carbocycles. The maximum atomic E-state index is 12.1. The van der Waals surface area contributed by atoms with E-state index in [9.17, 15) is 15.0 Å². The molecule has 0 radical (unpaired) electrons. The Morgan fingerprint density at radius 1 is 1.34 bits per heavy atom. The lowest BCUT2D eigenvalue weighted by Gasteiger charge is -2.13. The van der Waals surface area contributed by atoms with Gasteiger partial charge in [-0.3, -0.25) is 14.7 Å². The Morgan fingerprint density at radius 3 is 3.00 bits per heavy atom. The van der Waals surface area contributed by atoms with Crippen LogP contribution in [0.15, 0.2) is 47.2 Å². The summed E-state index contributed by atoms with van der Waals surface area (Å²) in [5.41, 5.74) is 3.14. The molecule has 0 saturated heterocycles. The van der Waals surface area contributed by atoms with Gasteiger partial charge in [0.15, 0.2) is 11.5 Å². The molecule has 156 valence electrons. The number of aryl methyl sites for hydroxylation is 1. The number of aromatic hydroxyl groups is 1. The van der Waals surface area contributed by atoms with E-state index in [0.29, 0.717) is 31.7 Å². The molecule has 0 aliphatic carbocycles. The molecule has 2 heterocycles. The van der Waals surface area contributed by atoms with Gasteiger partial charge in [0.2, 0.25) is 6.73 Å². The summed E-state index contributed by atoms with van der Waals surface area (Å²) < 4.78 is 5.82. The van der Waals surface area contributed by atoms with Crippen LogP contribution in [0.4, 0.5) is 0 Å². The van der Waals surface area contributed by atoms with Crippen molar-refractivity contribution in [2.45, 2.75) is 58.0 Å². The summed E-state index contributed by atoms with van der Waals surface area (Å²) in [6.07, 6.45) is 10.3. The van der Waals surface area contributed by atoms with Gasteiger partial charge < -0.3 is 14.9 Å². The number of nitrogens with zero attached hydrogens (tertiary/aromatic N) is 1. The van der Waals surface area contributed by atoms with Gasteiger partial charge in [0.25, 0.3) is 0 Å². The van der Waals surface area contributed by atoms with E-state index < -0.39 is 6.10 Å². The molecular formula is C23H31N2O4+. The smallest absolute Gasteiger partial charge is 0.227 e.